The van der Waals surface area contributed by atoms with Gasteiger partial charge in [0.15, 0.2) is 5.76 Å². The summed E-state index contributed by atoms with van der Waals surface area (Å²) >= 11 is 6.03. The van der Waals surface area contributed by atoms with Gasteiger partial charge in [-0.1, -0.05) is 15.9 Å². The van der Waals surface area contributed by atoms with E-state index in [4.69, 9.17) is 10.3 Å². The molecule has 112 valence electrons. The van der Waals surface area contributed by atoms with Crippen LogP contribution >= 0.6 is 31.9 Å². The predicted octanol–water partition coefficient (Wildman–Crippen LogP) is 4.09. The summed E-state index contributed by atoms with van der Waals surface area (Å²) in [5.74, 6) is 4.29. The van der Waals surface area contributed by atoms with Crippen LogP contribution in [0.3, 0.4) is 0 Å². The van der Waals surface area contributed by atoms with E-state index in [0.717, 1.165) is 6.07 Å². The van der Waals surface area contributed by atoms with Crippen LogP contribution in [-0.2, 0) is 6.18 Å². The Labute approximate surface area is 133 Å². The van der Waals surface area contributed by atoms with Crippen LogP contribution in [0.4, 0.5) is 13.2 Å². The van der Waals surface area contributed by atoms with Crippen molar-refractivity contribution in [2.45, 2.75) is 6.18 Å². The fourth-order valence-corrected chi connectivity index (χ4v) is 3.04. The van der Waals surface area contributed by atoms with Gasteiger partial charge in [-0.2, -0.15) is 13.2 Å². The lowest BCUT2D eigenvalue weighted by Gasteiger charge is -2.12. The van der Waals surface area contributed by atoms with Crippen LogP contribution in [-0.4, -0.2) is 5.91 Å². The summed E-state index contributed by atoms with van der Waals surface area (Å²) in [6, 6.07) is 4.90. The molecule has 0 aliphatic rings. The van der Waals surface area contributed by atoms with Gasteiger partial charge in [-0.3, -0.25) is 10.2 Å². The van der Waals surface area contributed by atoms with Crippen molar-refractivity contribution in [3.63, 3.8) is 0 Å². The minimum Gasteiger partial charge on any atom is -0.451 e. The summed E-state index contributed by atoms with van der Waals surface area (Å²) in [6.07, 6.45) is -4.52. The Hall–Kier alpha value is -1.32. The maximum atomic E-state index is 12.9. The highest BCUT2D eigenvalue weighted by Gasteiger charge is 2.34. The lowest BCUT2D eigenvalue weighted by molar-refractivity contribution is -0.138. The van der Waals surface area contributed by atoms with E-state index in [2.05, 4.69) is 31.9 Å². The average molecular weight is 428 g/mol. The number of hydrogen-bond acceptors (Lipinski definition) is 3. The van der Waals surface area contributed by atoms with E-state index in [1.54, 1.807) is 0 Å². The molecule has 0 radical (unpaired) electrons. The van der Waals surface area contributed by atoms with Crippen molar-refractivity contribution in [2.75, 3.05) is 0 Å². The summed E-state index contributed by atoms with van der Waals surface area (Å²) in [5.41, 5.74) is 1.20. The second-order valence-corrected chi connectivity index (χ2v) is 5.66. The molecule has 0 unspecified atom stereocenters. The van der Waals surface area contributed by atoms with E-state index in [1.807, 2.05) is 5.43 Å². The van der Waals surface area contributed by atoms with Crippen LogP contribution in [0.15, 0.2) is 37.6 Å². The first kappa shape index (κ1) is 16.1. The highest BCUT2D eigenvalue weighted by molar-refractivity contribution is 9.11. The standard InChI is InChI=1S/C12H7Br2F3N2O2/c13-7-4-8(14)6(12(15,16)17)3-5(7)9-1-2-10(21-9)11(20)19-18/h1-4H,18H2,(H,19,20). The molecule has 9 heteroatoms. The molecule has 1 amide bonds. The molecule has 4 nitrogen and oxygen atoms in total. The number of amides is 1. The highest BCUT2D eigenvalue weighted by atomic mass is 79.9. The van der Waals surface area contributed by atoms with Crippen molar-refractivity contribution in [1.82, 2.24) is 5.43 Å². The molecule has 0 aliphatic carbocycles. The molecule has 0 saturated heterocycles. The van der Waals surface area contributed by atoms with E-state index < -0.39 is 17.6 Å². The number of furan rings is 1. The van der Waals surface area contributed by atoms with Gasteiger partial charge >= 0.3 is 12.1 Å². The monoisotopic (exact) mass is 426 g/mol. The summed E-state index contributed by atoms with van der Waals surface area (Å²) in [5, 5.41) is 0. The van der Waals surface area contributed by atoms with Gasteiger partial charge in [-0.15, -0.1) is 0 Å². The Morgan fingerprint density at radius 2 is 1.86 bits per heavy atom. The van der Waals surface area contributed by atoms with Crippen LogP contribution in [0.2, 0.25) is 0 Å². The number of halogens is 5. The smallest absolute Gasteiger partial charge is 0.417 e. The number of carbonyl (C=O) groups is 1. The summed E-state index contributed by atoms with van der Waals surface area (Å²) in [4.78, 5) is 11.3. The number of benzene rings is 1. The predicted molar refractivity (Wildman–Crippen MR) is 76.2 cm³/mol. The molecule has 0 aliphatic heterocycles. The Morgan fingerprint density at radius 1 is 1.19 bits per heavy atom. The molecule has 0 saturated carbocycles. The van der Waals surface area contributed by atoms with Gasteiger partial charge in [0.05, 0.1) is 5.56 Å². The zero-order valence-electron chi connectivity index (χ0n) is 10.1. The van der Waals surface area contributed by atoms with E-state index in [-0.39, 0.29) is 21.6 Å². The molecule has 2 rings (SSSR count). The van der Waals surface area contributed by atoms with E-state index in [1.165, 1.54) is 18.2 Å². The summed E-state index contributed by atoms with van der Waals surface area (Å²) < 4.78 is 44.2. The molecule has 0 spiro atoms. The van der Waals surface area contributed by atoms with Crippen LogP contribution in [0.1, 0.15) is 16.1 Å². The number of alkyl halides is 3. The van der Waals surface area contributed by atoms with Gasteiger partial charge in [-0.05, 0) is 40.2 Å². The van der Waals surface area contributed by atoms with Crippen molar-refractivity contribution in [3.8, 4) is 11.3 Å². The topological polar surface area (TPSA) is 68.3 Å². The third-order valence-electron chi connectivity index (χ3n) is 2.59. The Morgan fingerprint density at radius 3 is 2.43 bits per heavy atom. The second kappa shape index (κ2) is 5.82. The molecule has 1 aromatic carbocycles. The molecule has 3 N–H and O–H groups in total. The lowest BCUT2D eigenvalue weighted by Crippen LogP contribution is -2.29. The highest BCUT2D eigenvalue weighted by Crippen LogP contribution is 2.41. The van der Waals surface area contributed by atoms with Gasteiger partial charge in [0, 0.05) is 14.5 Å². The number of rotatable bonds is 2. The van der Waals surface area contributed by atoms with E-state index in [0.29, 0.717) is 4.47 Å². The third kappa shape index (κ3) is 3.30. The fourth-order valence-electron chi connectivity index (χ4n) is 1.63. The normalized spacial score (nSPS) is 11.5. The molecule has 0 atom stereocenters. The first-order valence-corrected chi connectivity index (χ1v) is 7.00. The summed E-state index contributed by atoms with van der Waals surface area (Å²) in [7, 11) is 0. The van der Waals surface area contributed by atoms with Crippen LogP contribution < -0.4 is 11.3 Å². The Bertz CT molecular complexity index is 698. The lowest BCUT2D eigenvalue weighted by atomic mass is 10.1. The van der Waals surface area contributed by atoms with Crippen LogP contribution in [0.25, 0.3) is 11.3 Å². The van der Waals surface area contributed by atoms with E-state index in [9.17, 15) is 18.0 Å². The number of nitrogens with two attached hydrogens (primary N) is 1. The SMILES string of the molecule is NNC(=O)c1ccc(-c2cc(C(F)(F)F)c(Br)cc2Br)o1. The maximum absolute atomic E-state index is 12.9. The van der Waals surface area contributed by atoms with Crippen molar-refractivity contribution in [2.24, 2.45) is 5.84 Å². The summed E-state index contributed by atoms with van der Waals surface area (Å²) in [6.45, 7) is 0. The van der Waals surface area contributed by atoms with Crippen molar-refractivity contribution >= 4 is 37.8 Å². The fraction of sp³-hybridized carbons (Fsp3) is 0.0833. The zero-order chi connectivity index (χ0) is 15.8. The molecule has 21 heavy (non-hydrogen) atoms. The molecule has 0 fully saturated rings. The zero-order valence-corrected chi connectivity index (χ0v) is 13.3. The van der Waals surface area contributed by atoms with Gasteiger partial charge in [-0.25, -0.2) is 5.84 Å². The largest absolute Gasteiger partial charge is 0.451 e. The molecule has 0 bridgehead atoms. The van der Waals surface area contributed by atoms with Gasteiger partial charge in [0.1, 0.15) is 5.76 Å². The average Bonchev–Trinajstić information content (AvgIpc) is 2.85. The maximum Gasteiger partial charge on any atom is 0.417 e. The van der Waals surface area contributed by atoms with Gasteiger partial charge in [0.25, 0.3) is 0 Å². The molecular weight excluding hydrogens is 421 g/mol. The Balaban J connectivity index is 2.54. The molecule has 1 aromatic heterocycles. The van der Waals surface area contributed by atoms with Gasteiger partial charge in [0.2, 0.25) is 0 Å². The molecule has 2 aromatic rings. The number of hydrazine groups is 1. The Kier molecular flexibility index (Phi) is 4.45. The minimum absolute atomic E-state index is 0.0999. The number of hydrogen-bond donors (Lipinski definition) is 2. The minimum atomic E-state index is -4.52. The van der Waals surface area contributed by atoms with Crippen LogP contribution in [0.5, 0.6) is 0 Å². The van der Waals surface area contributed by atoms with Crippen molar-refractivity contribution in [1.29, 1.82) is 0 Å². The molecular formula is C12H7Br2F3N2O2. The number of nitrogen functional groups attached to an aromatic ring is 1. The number of carbonyl (C=O) groups excluding carboxylic acids is 1. The number of nitrogens with one attached hydrogen (secondary N) is 1. The van der Waals surface area contributed by atoms with Crippen molar-refractivity contribution < 1.29 is 22.4 Å². The van der Waals surface area contributed by atoms with E-state index >= 15 is 0 Å². The van der Waals surface area contributed by atoms with Crippen molar-refractivity contribution in [3.05, 3.63) is 44.5 Å². The first-order valence-electron chi connectivity index (χ1n) is 5.41. The van der Waals surface area contributed by atoms with Crippen LogP contribution in [0, 0.1) is 0 Å². The molecule has 1 heterocycles. The quantitative estimate of drug-likeness (QED) is 0.430. The second-order valence-electron chi connectivity index (χ2n) is 3.95. The first-order chi connectivity index (χ1) is 9.74. The van der Waals surface area contributed by atoms with Gasteiger partial charge < -0.3 is 4.42 Å². The third-order valence-corrected chi connectivity index (χ3v) is 3.90.